The van der Waals surface area contributed by atoms with Crippen molar-refractivity contribution in [1.82, 2.24) is 19.1 Å². The molecule has 12 heteroatoms. The number of amides is 1. The van der Waals surface area contributed by atoms with E-state index in [-0.39, 0.29) is 30.4 Å². The largest absolute Gasteiger partial charge is 0.379 e. The van der Waals surface area contributed by atoms with Crippen LogP contribution in [0, 0.1) is 11.3 Å². The van der Waals surface area contributed by atoms with Crippen molar-refractivity contribution in [3.63, 3.8) is 0 Å². The minimum atomic E-state index is -3.72. The fourth-order valence-electron chi connectivity index (χ4n) is 3.35. The lowest BCUT2D eigenvalue weighted by atomic mass is 10.2. The molecule has 1 amide bonds. The van der Waals surface area contributed by atoms with Gasteiger partial charge in [-0.05, 0) is 32.0 Å². The third-order valence-electron chi connectivity index (χ3n) is 4.98. The normalized spacial score (nSPS) is 14.7. The molecule has 31 heavy (non-hydrogen) atoms. The molecular weight excluding hydrogens is 422 g/mol. The molecule has 0 unspecified atom stereocenters. The van der Waals surface area contributed by atoms with Crippen LogP contribution in [-0.2, 0) is 26.1 Å². The summed E-state index contributed by atoms with van der Waals surface area (Å²) in [5.74, 6) is -0.409. The first-order valence-electron chi connectivity index (χ1n) is 9.95. The molecule has 3 rings (SSSR count). The topological polar surface area (TPSA) is 133 Å². The van der Waals surface area contributed by atoms with E-state index in [1.54, 1.807) is 12.1 Å². The fourth-order valence-corrected chi connectivity index (χ4v) is 4.79. The van der Waals surface area contributed by atoms with E-state index in [0.29, 0.717) is 37.7 Å². The van der Waals surface area contributed by atoms with Crippen molar-refractivity contribution in [1.29, 1.82) is 5.26 Å². The molecule has 2 heterocycles. The highest BCUT2D eigenvalue weighted by molar-refractivity contribution is 7.89. The SMILES string of the molecule is CCN(CC)c1ccc(S(=O)(=O)N2CCOCC2)cc1NC(=O)Cn1cnnc1C#N. The molecule has 1 fully saturated rings. The number of aromatic nitrogens is 3. The Morgan fingerprint density at radius 1 is 1.29 bits per heavy atom. The molecule has 0 bridgehead atoms. The lowest BCUT2D eigenvalue weighted by Gasteiger charge is -2.28. The van der Waals surface area contributed by atoms with Gasteiger partial charge in [0, 0.05) is 26.2 Å². The van der Waals surface area contributed by atoms with E-state index in [2.05, 4.69) is 15.5 Å². The molecule has 0 atom stereocenters. The van der Waals surface area contributed by atoms with E-state index in [1.165, 1.54) is 21.3 Å². The summed E-state index contributed by atoms with van der Waals surface area (Å²) in [7, 11) is -3.72. The minimum Gasteiger partial charge on any atom is -0.379 e. The van der Waals surface area contributed by atoms with Gasteiger partial charge in [0.25, 0.3) is 0 Å². The first-order chi connectivity index (χ1) is 14.9. The number of sulfonamides is 1. The summed E-state index contributed by atoms with van der Waals surface area (Å²) in [6, 6.07) is 6.60. The molecule has 11 nitrogen and oxygen atoms in total. The van der Waals surface area contributed by atoms with E-state index in [0.717, 1.165) is 0 Å². The Hall–Kier alpha value is -3.01. The number of hydrogen-bond acceptors (Lipinski definition) is 8. The lowest BCUT2D eigenvalue weighted by Crippen LogP contribution is -2.40. The molecule has 1 aliphatic heterocycles. The summed E-state index contributed by atoms with van der Waals surface area (Å²) in [6.45, 7) is 6.40. The van der Waals surface area contributed by atoms with E-state index >= 15 is 0 Å². The highest BCUT2D eigenvalue weighted by Crippen LogP contribution is 2.30. The van der Waals surface area contributed by atoms with Crippen molar-refractivity contribution in [2.75, 3.05) is 49.6 Å². The van der Waals surface area contributed by atoms with Crippen molar-refractivity contribution < 1.29 is 17.9 Å². The molecule has 1 saturated heterocycles. The molecule has 0 radical (unpaired) electrons. The third-order valence-corrected chi connectivity index (χ3v) is 6.88. The first-order valence-corrected chi connectivity index (χ1v) is 11.4. The molecule has 1 aromatic carbocycles. The van der Waals surface area contributed by atoms with Gasteiger partial charge in [0.2, 0.25) is 21.8 Å². The Morgan fingerprint density at radius 3 is 2.65 bits per heavy atom. The lowest BCUT2D eigenvalue weighted by molar-refractivity contribution is -0.116. The number of nitrogens with zero attached hydrogens (tertiary/aromatic N) is 6. The van der Waals surface area contributed by atoms with E-state index < -0.39 is 15.9 Å². The molecule has 2 aromatic rings. The number of ether oxygens (including phenoxy) is 1. The number of benzene rings is 1. The number of morpholine rings is 1. The first kappa shape index (κ1) is 22.7. The zero-order valence-corrected chi connectivity index (χ0v) is 18.3. The molecular formula is C19H25N7O4S. The molecule has 166 valence electrons. The van der Waals surface area contributed by atoms with Crippen LogP contribution in [0.5, 0.6) is 0 Å². The average Bonchev–Trinajstić information content (AvgIpc) is 3.23. The van der Waals surface area contributed by atoms with Crippen LogP contribution in [0.15, 0.2) is 29.4 Å². The zero-order chi connectivity index (χ0) is 22.4. The van der Waals surface area contributed by atoms with Crippen LogP contribution in [0.4, 0.5) is 11.4 Å². The van der Waals surface area contributed by atoms with Gasteiger partial charge >= 0.3 is 0 Å². The van der Waals surface area contributed by atoms with Gasteiger partial charge in [-0.1, -0.05) is 0 Å². The third kappa shape index (κ3) is 5.01. The Kier molecular flexibility index (Phi) is 7.21. The second kappa shape index (κ2) is 9.86. The van der Waals surface area contributed by atoms with Gasteiger partial charge in [-0.3, -0.25) is 9.36 Å². The smallest absolute Gasteiger partial charge is 0.244 e. The van der Waals surface area contributed by atoms with Crippen LogP contribution in [0.1, 0.15) is 19.7 Å². The van der Waals surface area contributed by atoms with Crippen LogP contribution < -0.4 is 10.2 Å². The number of carbonyl (C=O) groups excluding carboxylic acids is 1. The molecule has 0 spiro atoms. The second-order valence-electron chi connectivity index (χ2n) is 6.81. The van der Waals surface area contributed by atoms with Crippen molar-refractivity contribution in [3.05, 3.63) is 30.4 Å². The maximum absolute atomic E-state index is 13.1. The van der Waals surface area contributed by atoms with Crippen LogP contribution in [0.25, 0.3) is 0 Å². The van der Waals surface area contributed by atoms with Crippen LogP contribution in [-0.4, -0.2) is 72.8 Å². The summed E-state index contributed by atoms with van der Waals surface area (Å²) in [5, 5.41) is 19.1. The van der Waals surface area contributed by atoms with Gasteiger partial charge in [-0.25, -0.2) is 8.42 Å². The van der Waals surface area contributed by atoms with Gasteiger partial charge in [-0.15, -0.1) is 10.2 Å². The molecule has 1 N–H and O–H groups in total. The maximum Gasteiger partial charge on any atom is 0.244 e. The van der Waals surface area contributed by atoms with Crippen LogP contribution >= 0.6 is 0 Å². The second-order valence-corrected chi connectivity index (χ2v) is 8.75. The zero-order valence-electron chi connectivity index (χ0n) is 17.5. The molecule has 0 aliphatic carbocycles. The Labute approximate surface area is 181 Å². The van der Waals surface area contributed by atoms with Crippen LogP contribution in [0.2, 0.25) is 0 Å². The highest BCUT2D eigenvalue weighted by Gasteiger charge is 2.27. The van der Waals surface area contributed by atoms with Gasteiger partial charge in [0.1, 0.15) is 18.9 Å². The van der Waals surface area contributed by atoms with Crippen molar-refractivity contribution in [2.24, 2.45) is 0 Å². The summed E-state index contributed by atoms with van der Waals surface area (Å²) in [5.41, 5.74) is 1.10. The van der Waals surface area contributed by atoms with E-state index in [4.69, 9.17) is 10.00 Å². The standard InChI is InChI=1S/C19H25N7O4S/c1-3-24(4-2)17-6-5-15(31(28,29)26-7-9-30-10-8-26)11-16(17)22-19(27)13-25-14-21-23-18(25)12-20/h5-6,11,14H,3-4,7-10,13H2,1-2H3,(H,22,27). The van der Waals surface area contributed by atoms with Gasteiger partial charge in [-0.2, -0.15) is 9.57 Å². The van der Waals surface area contributed by atoms with E-state index in [1.807, 2.05) is 24.8 Å². The predicted octanol–water partition coefficient (Wildman–Crippen LogP) is 0.656. The Balaban J connectivity index is 1.92. The number of hydrogen-bond donors (Lipinski definition) is 1. The van der Waals surface area contributed by atoms with Gasteiger partial charge in [0.15, 0.2) is 0 Å². The highest BCUT2D eigenvalue weighted by atomic mass is 32.2. The van der Waals surface area contributed by atoms with Crippen molar-refractivity contribution in [3.8, 4) is 6.07 Å². The van der Waals surface area contributed by atoms with Crippen molar-refractivity contribution in [2.45, 2.75) is 25.3 Å². The number of rotatable bonds is 8. The summed E-state index contributed by atoms with van der Waals surface area (Å²) < 4.78 is 34.1. The fraction of sp³-hybridized carbons (Fsp3) is 0.474. The Bertz CT molecular complexity index is 1070. The minimum absolute atomic E-state index is 0.0164. The summed E-state index contributed by atoms with van der Waals surface area (Å²) >= 11 is 0. The maximum atomic E-state index is 13.1. The van der Waals surface area contributed by atoms with Crippen LogP contribution in [0.3, 0.4) is 0 Å². The number of nitrogens with one attached hydrogen (secondary N) is 1. The number of anilines is 2. The van der Waals surface area contributed by atoms with E-state index in [9.17, 15) is 13.2 Å². The monoisotopic (exact) mass is 447 g/mol. The number of carbonyl (C=O) groups is 1. The molecule has 1 aliphatic rings. The summed E-state index contributed by atoms with van der Waals surface area (Å²) in [4.78, 5) is 14.8. The van der Waals surface area contributed by atoms with Gasteiger partial charge in [0.05, 0.1) is 29.5 Å². The quantitative estimate of drug-likeness (QED) is 0.624. The average molecular weight is 448 g/mol. The van der Waals surface area contributed by atoms with Crippen molar-refractivity contribution >= 4 is 27.3 Å². The summed E-state index contributed by atoms with van der Waals surface area (Å²) in [6.07, 6.45) is 1.29. The number of nitriles is 1. The predicted molar refractivity (Wildman–Crippen MR) is 113 cm³/mol. The molecule has 1 aromatic heterocycles. The van der Waals surface area contributed by atoms with Gasteiger partial charge < -0.3 is 15.0 Å². The molecule has 0 saturated carbocycles. The Morgan fingerprint density at radius 2 is 2.00 bits per heavy atom.